The van der Waals surface area contributed by atoms with Gasteiger partial charge in [0, 0.05) is 87.8 Å². The molecule has 3 aromatic heterocycles. The zero-order valence-corrected chi connectivity index (χ0v) is 63.3. The lowest BCUT2D eigenvalue weighted by molar-refractivity contribution is -0.192. The van der Waals surface area contributed by atoms with Crippen LogP contribution in [0, 0.1) is 19.3 Å². The molecule has 6 aromatic rings. The molecular formula is C77H101N7O19. The van der Waals surface area contributed by atoms with E-state index in [4.69, 9.17) is 81.4 Å². The van der Waals surface area contributed by atoms with Crippen LogP contribution >= 0.6 is 0 Å². The number of hydrogen-bond acceptors (Lipinski definition) is 25. The van der Waals surface area contributed by atoms with Crippen molar-refractivity contribution in [3.63, 3.8) is 0 Å². The standard InChI is InChI=1S/C76H101N7O17.CO2/c1-47-24-58(95-23-21-22-77-72(88)100-76(12,13)14)32-61(89-15)69(47)49-26-52-36-81(42-65(84)98-74(6,7)8)38-54-28-50(70-48(2)25-59(33-62(70)90-16)96-44-67(86)93-19)29-56(79-54)40-83(46-73(3,4)5)41-57-31-51(71-63(91-17)34-60(35-64(71)92-18)97-45-68(87)94-20)30-55(80-57)39-82(37-53(27-49)78-52)43-66(85)99-75(9,10)11;2-1-3/h24-35H,21-23,36-46H2,1-20H3,(H,77,88);. The largest absolute Gasteiger partial charge is 0.496 e. The van der Waals surface area contributed by atoms with E-state index in [-0.39, 0.29) is 70.7 Å². The first kappa shape index (κ1) is 82.1. The number of ether oxygens (including phenoxy) is 12. The molecule has 558 valence electrons. The number of aromatic nitrogens is 3. The first-order chi connectivity index (χ1) is 48.4. The molecule has 0 spiro atoms. The van der Waals surface area contributed by atoms with Crippen LogP contribution < -0.4 is 38.5 Å². The molecule has 1 aliphatic heterocycles. The monoisotopic (exact) mass is 1430 g/mol. The van der Waals surface area contributed by atoms with E-state index >= 15 is 0 Å². The van der Waals surface area contributed by atoms with E-state index in [1.807, 2.05) is 120 Å². The van der Waals surface area contributed by atoms with E-state index in [9.17, 15) is 24.0 Å². The van der Waals surface area contributed by atoms with Crippen molar-refractivity contribution in [2.24, 2.45) is 5.41 Å². The van der Waals surface area contributed by atoms with Gasteiger partial charge in [-0.1, -0.05) is 20.8 Å². The van der Waals surface area contributed by atoms with Gasteiger partial charge in [-0.15, -0.1) is 0 Å². The van der Waals surface area contributed by atoms with Crippen LogP contribution in [0.2, 0.25) is 0 Å². The van der Waals surface area contributed by atoms with Crippen molar-refractivity contribution in [1.82, 2.24) is 35.0 Å². The van der Waals surface area contributed by atoms with E-state index < -0.39 is 46.8 Å². The normalized spacial score (nSPS) is 13.2. The summed E-state index contributed by atoms with van der Waals surface area (Å²) in [7, 11) is 8.82. The number of methoxy groups -OCH3 is 6. The number of hydrogen-bond donors (Lipinski definition) is 1. The molecule has 7 rings (SSSR count). The Kier molecular flexibility index (Phi) is 29.3. The Morgan fingerprint density at radius 3 is 1.06 bits per heavy atom. The molecule has 0 unspecified atom stereocenters. The van der Waals surface area contributed by atoms with E-state index in [2.05, 4.69) is 31.0 Å². The number of fused-ring (bicyclic) bond motifs is 6. The van der Waals surface area contributed by atoms with Crippen molar-refractivity contribution < 1.29 is 90.4 Å². The molecule has 26 heteroatoms. The van der Waals surface area contributed by atoms with Gasteiger partial charge in [-0.25, -0.2) is 14.4 Å². The molecule has 26 nitrogen and oxygen atoms in total. The minimum Gasteiger partial charge on any atom is -0.496 e. The van der Waals surface area contributed by atoms with Crippen molar-refractivity contribution in [3.8, 4) is 73.6 Å². The van der Waals surface area contributed by atoms with Crippen molar-refractivity contribution in [2.45, 2.75) is 159 Å². The number of amides is 1. The van der Waals surface area contributed by atoms with Gasteiger partial charge >= 0.3 is 36.1 Å². The summed E-state index contributed by atoms with van der Waals surface area (Å²) in [6, 6.07) is 22.6. The van der Waals surface area contributed by atoms with Crippen LogP contribution in [0.1, 0.15) is 135 Å². The van der Waals surface area contributed by atoms with Crippen LogP contribution in [0.5, 0.6) is 40.2 Å². The third kappa shape index (κ3) is 26.5. The number of carbonyl (C=O) groups is 5. The molecule has 1 amide bonds. The Morgan fingerprint density at radius 2 is 0.738 bits per heavy atom. The molecule has 0 saturated heterocycles. The quantitative estimate of drug-likeness (QED) is 0.0354. The highest BCUT2D eigenvalue weighted by Crippen LogP contribution is 2.44. The van der Waals surface area contributed by atoms with Gasteiger partial charge in [0.25, 0.3) is 0 Å². The molecular weight excluding hydrogens is 1330 g/mol. The summed E-state index contributed by atoms with van der Waals surface area (Å²) in [5.41, 5.74) is 6.85. The maximum atomic E-state index is 14.4. The highest BCUT2D eigenvalue weighted by Gasteiger charge is 2.29. The van der Waals surface area contributed by atoms with Crippen LogP contribution in [0.25, 0.3) is 33.4 Å². The highest BCUT2D eigenvalue weighted by molar-refractivity contribution is 5.81. The van der Waals surface area contributed by atoms with Gasteiger partial charge in [-0.05, 0) is 164 Å². The number of nitrogens with zero attached hydrogens (tertiary/aromatic N) is 6. The lowest BCUT2D eigenvalue weighted by Gasteiger charge is -2.31. The third-order valence-electron chi connectivity index (χ3n) is 15.1. The summed E-state index contributed by atoms with van der Waals surface area (Å²) < 4.78 is 69.8. The molecule has 0 aliphatic carbocycles. The summed E-state index contributed by atoms with van der Waals surface area (Å²) in [5, 5.41) is 2.78. The maximum absolute atomic E-state index is 14.4. The van der Waals surface area contributed by atoms with Gasteiger partial charge in [0.2, 0.25) is 0 Å². The molecule has 103 heavy (non-hydrogen) atoms. The van der Waals surface area contributed by atoms with Gasteiger partial charge in [0.15, 0.2) is 13.2 Å². The zero-order valence-electron chi connectivity index (χ0n) is 63.3. The Bertz CT molecular complexity index is 3950. The minimum atomic E-state index is -0.829. The van der Waals surface area contributed by atoms with Crippen molar-refractivity contribution in [2.75, 3.05) is 88.7 Å². The molecule has 6 bridgehead atoms. The van der Waals surface area contributed by atoms with Crippen LogP contribution in [0.15, 0.2) is 72.8 Å². The van der Waals surface area contributed by atoms with E-state index in [0.717, 1.165) is 33.4 Å². The third-order valence-corrected chi connectivity index (χ3v) is 15.1. The molecule has 0 saturated carbocycles. The number of benzene rings is 3. The first-order valence-corrected chi connectivity index (χ1v) is 33.7. The fourth-order valence-electron chi connectivity index (χ4n) is 11.6. The Hall–Kier alpha value is -9.88. The number of carbonyl (C=O) groups excluding carboxylic acids is 7. The highest BCUT2D eigenvalue weighted by atomic mass is 16.6. The molecule has 0 fully saturated rings. The number of pyridine rings is 3. The maximum Gasteiger partial charge on any atom is 0.407 e. The first-order valence-electron chi connectivity index (χ1n) is 33.7. The van der Waals surface area contributed by atoms with E-state index in [1.54, 1.807) is 53.2 Å². The van der Waals surface area contributed by atoms with Crippen LogP contribution in [0.4, 0.5) is 4.79 Å². The summed E-state index contributed by atoms with van der Waals surface area (Å²) >= 11 is 0. The van der Waals surface area contributed by atoms with Gasteiger partial charge in [0.1, 0.15) is 57.0 Å². The number of esters is 4. The number of rotatable bonds is 23. The van der Waals surface area contributed by atoms with Crippen LogP contribution in [-0.4, -0.2) is 171 Å². The van der Waals surface area contributed by atoms with Crippen LogP contribution in [0.3, 0.4) is 0 Å². The predicted octanol–water partition coefficient (Wildman–Crippen LogP) is 11.4. The molecule has 4 heterocycles. The average Bonchev–Trinajstić information content (AvgIpc) is 0.797. The van der Waals surface area contributed by atoms with E-state index in [0.29, 0.717) is 118 Å². The van der Waals surface area contributed by atoms with Crippen molar-refractivity contribution in [1.29, 1.82) is 0 Å². The Balaban J connectivity index is 0.00000545. The second-order valence-electron chi connectivity index (χ2n) is 29.0. The Morgan fingerprint density at radius 1 is 0.427 bits per heavy atom. The van der Waals surface area contributed by atoms with Gasteiger partial charge < -0.3 is 62.2 Å². The molecule has 0 radical (unpaired) electrons. The lowest BCUT2D eigenvalue weighted by atomic mass is 9.95. The zero-order chi connectivity index (χ0) is 76.1. The average molecular weight is 1430 g/mol. The number of alkyl carbamates (subject to hydrolysis) is 1. The summed E-state index contributed by atoms with van der Waals surface area (Å²) in [5.74, 6) is 0.917. The van der Waals surface area contributed by atoms with Gasteiger partial charge in [0.05, 0.1) is 102 Å². The Labute approximate surface area is 604 Å². The topological polar surface area (TPSA) is 291 Å². The van der Waals surface area contributed by atoms with Crippen molar-refractivity contribution in [3.05, 3.63) is 118 Å². The minimum absolute atomic E-state index is 0.0863. The van der Waals surface area contributed by atoms with Crippen molar-refractivity contribution >= 4 is 36.1 Å². The second-order valence-corrected chi connectivity index (χ2v) is 29.0. The molecule has 1 N–H and O–H groups in total. The lowest BCUT2D eigenvalue weighted by Crippen LogP contribution is -2.36. The SMILES string of the molecule is COC(=O)COc1cc(C)c(-c2cc3nc(c2)CN(CC(C)(C)C)Cc2cc(-c4c(OC)cc(OCC(=O)OC)cc4OC)cc(n2)CN(CC(=O)OC(C)(C)C)Cc2cc(-c4c(C)cc(OCCCNC(=O)OC(C)(C)C)cc4OC)cc(n2)CN(CC(=O)OC(C)(C)C)C3)c(OC)c1.O=C=O. The molecule has 1 aliphatic rings. The second kappa shape index (κ2) is 36.8. The number of aryl methyl sites for hydroxylation is 2. The van der Waals surface area contributed by atoms with Crippen LogP contribution in [-0.2, 0) is 91.7 Å². The van der Waals surface area contributed by atoms with Gasteiger partial charge in [-0.3, -0.25) is 39.2 Å². The number of nitrogens with one attached hydrogen (secondary N) is 1. The molecule has 0 atom stereocenters. The summed E-state index contributed by atoms with van der Waals surface area (Å²) in [4.78, 5) is 104. The summed E-state index contributed by atoms with van der Waals surface area (Å²) in [6.07, 6.45) is 0.235. The predicted molar refractivity (Wildman–Crippen MR) is 383 cm³/mol. The fourth-order valence-corrected chi connectivity index (χ4v) is 11.6. The summed E-state index contributed by atoms with van der Waals surface area (Å²) in [6.45, 7) is 27.9. The molecule has 3 aromatic carbocycles. The van der Waals surface area contributed by atoms with Gasteiger partial charge in [-0.2, -0.15) is 9.59 Å². The smallest absolute Gasteiger partial charge is 0.407 e. The fraction of sp³-hybridized carbons (Fsp3) is 0.494. The van der Waals surface area contributed by atoms with E-state index in [1.165, 1.54) is 28.4 Å².